The lowest BCUT2D eigenvalue weighted by molar-refractivity contribution is 0.675. The van der Waals surface area contributed by atoms with E-state index in [2.05, 4.69) is 31.3 Å². The van der Waals surface area contributed by atoms with Gasteiger partial charge < -0.3 is 5.32 Å². The lowest BCUT2D eigenvalue weighted by Crippen LogP contribution is -2.15. The van der Waals surface area contributed by atoms with E-state index in [-0.39, 0.29) is 0 Å². The maximum Gasteiger partial charge on any atom is 0.0216 e. The molecule has 1 aromatic heterocycles. The zero-order chi connectivity index (χ0) is 11.4. The predicted octanol–water partition coefficient (Wildman–Crippen LogP) is 3.95. The van der Waals surface area contributed by atoms with Crippen LogP contribution in [-0.4, -0.2) is 6.54 Å². The van der Waals surface area contributed by atoms with E-state index in [9.17, 15) is 0 Å². The van der Waals surface area contributed by atoms with Crippen molar-refractivity contribution in [3.8, 4) is 0 Å². The second-order valence-electron chi connectivity index (χ2n) is 4.62. The number of aryl methyl sites for hydroxylation is 2. The van der Waals surface area contributed by atoms with Crippen molar-refractivity contribution in [1.82, 2.24) is 5.32 Å². The summed E-state index contributed by atoms with van der Waals surface area (Å²) in [5.74, 6) is 0. The van der Waals surface area contributed by atoms with Gasteiger partial charge in [-0.05, 0) is 57.7 Å². The molecule has 1 aliphatic carbocycles. The molecule has 16 heavy (non-hydrogen) atoms. The molecule has 2 rings (SSSR count). The first kappa shape index (κ1) is 11.9. The highest BCUT2D eigenvalue weighted by molar-refractivity contribution is 7.12. The molecular weight excluding hydrogens is 214 g/mol. The van der Waals surface area contributed by atoms with Crippen LogP contribution in [-0.2, 0) is 6.54 Å². The highest BCUT2D eigenvalue weighted by Crippen LogP contribution is 2.21. The Morgan fingerprint density at radius 2 is 2.25 bits per heavy atom. The molecule has 0 bridgehead atoms. The van der Waals surface area contributed by atoms with Gasteiger partial charge in [0.05, 0.1) is 0 Å². The van der Waals surface area contributed by atoms with Crippen molar-refractivity contribution in [1.29, 1.82) is 0 Å². The van der Waals surface area contributed by atoms with Gasteiger partial charge in [-0.15, -0.1) is 11.3 Å². The standard InChI is InChI=1S/C14H21NS/c1-11-9-14(12(2)16-11)10-15-8-7-13-5-3-4-6-13/h5,9,15H,3-4,6-8,10H2,1-2H3. The lowest BCUT2D eigenvalue weighted by Gasteiger charge is -2.05. The molecule has 1 nitrogen and oxygen atoms in total. The smallest absolute Gasteiger partial charge is 0.0216 e. The van der Waals surface area contributed by atoms with Crippen LogP contribution >= 0.6 is 11.3 Å². The van der Waals surface area contributed by atoms with Crippen LogP contribution in [0.15, 0.2) is 17.7 Å². The van der Waals surface area contributed by atoms with Crippen LogP contribution in [0.2, 0.25) is 0 Å². The van der Waals surface area contributed by atoms with Gasteiger partial charge in [-0.1, -0.05) is 11.6 Å². The molecule has 1 aliphatic rings. The Balaban J connectivity index is 1.69. The number of rotatable bonds is 5. The van der Waals surface area contributed by atoms with E-state index in [1.165, 1.54) is 41.0 Å². The van der Waals surface area contributed by atoms with Crippen molar-refractivity contribution in [2.45, 2.75) is 46.1 Å². The third-order valence-corrected chi connectivity index (χ3v) is 4.23. The second-order valence-corrected chi connectivity index (χ2v) is 6.08. The predicted molar refractivity (Wildman–Crippen MR) is 72.1 cm³/mol. The summed E-state index contributed by atoms with van der Waals surface area (Å²) in [6.45, 7) is 6.56. The van der Waals surface area contributed by atoms with Crippen LogP contribution in [0.3, 0.4) is 0 Å². The highest BCUT2D eigenvalue weighted by atomic mass is 32.1. The summed E-state index contributed by atoms with van der Waals surface area (Å²) in [5, 5.41) is 3.55. The molecule has 0 saturated heterocycles. The largest absolute Gasteiger partial charge is 0.312 e. The number of hydrogen-bond acceptors (Lipinski definition) is 2. The number of allylic oxidation sites excluding steroid dienone is 1. The van der Waals surface area contributed by atoms with Crippen molar-refractivity contribution < 1.29 is 0 Å². The lowest BCUT2D eigenvalue weighted by atomic mass is 10.1. The van der Waals surface area contributed by atoms with E-state index in [1.807, 2.05) is 11.3 Å². The molecule has 0 aliphatic heterocycles. The Morgan fingerprint density at radius 3 is 2.88 bits per heavy atom. The summed E-state index contributed by atoms with van der Waals surface area (Å²) in [7, 11) is 0. The minimum Gasteiger partial charge on any atom is -0.312 e. The van der Waals surface area contributed by atoms with Crippen molar-refractivity contribution in [3.63, 3.8) is 0 Å². The first-order valence-electron chi connectivity index (χ1n) is 6.20. The van der Waals surface area contributed by atoms with Gasteiger partial charge in [0.15, 0.2) is 0 Å². The number of nitrogens with one attached hydrogen (secondary N) is 1. The van der Waals surface area contributed by atoms with E-state index in [4.69, 9.17) is 0 Å². The quantitative estimate of drug-likeness (QED) is 0.602. The van der Waals surface area contributed by atoms with Crippen LogP contribution < -0.4 is 5.32 Å². The Morgan fingerprint density at radius 1 is 1.38 bits per heavy atom. The van der Waals surface area contributed by atoms with Gasteiger partial charge in [-0.3, -0.25) is 0 Å². The molecule has 1 N–H and O–H groups in total. The van der Waals surface area contributed by atoms with Crippen molar-refractivity contribution in [2.24, 2.45) is 0 Å². The highest BCUT2D eigenvalue weighted by Gasteiger charge is 2.05. The average molecular weight is 235 g/mol. The molecule has 2 heteroatoms. The van der Waals surface area contributed by atoms with Gasteiger partial charge >= 0.3 is 0 Å². The average Bonchev–Trinajstić information content (AvgIpc) is 2.84. The zero-order valence-corrected chi connectivity index (χ0v) is 11.1. The molecule has 0 aromatic carbocycles. The van der Waals surface area contributed by atoms with E-state index in [1.54, 1.807) is 5.57 Å². The molecule has 0 spiro atoms. The summed E-state index contributed by atoms with van der Waals surface area (Å²) in [6.07, 6.45) is 7.67. The maximum absolute atomic E-state index is 3.55. The summed E-state index contributed by atoms with van der Waals surface area (Å²) in [6, 6.07) is 2.31. The fourth-order valence-electron chi connectivity index (χ4n) is 2.30. The molecule has 0 atom stereocenters. The Hall–Kier alpha value is -0.600. The van der Waals surface area contributed by atoms with E-state index in [0.29, 0.717) is 0 Å². The summed E-state index contributed by atoms with van der Waals surface area (Å²) in [4.78, 5) is 2.89. The van der Waals surface area contributed by atoms with E-state index < -0.39 is 0 Å². The third kappa shape index (κ3) is 3.19. The van der Waals surface area contributed by atoms with Gasteiger partial charge in [-0.2, -0.15) is 0 Å². The monoisotopic (exact) mass is 235 g/mol. The molecule has 0 radical (unpaired) electrons. The molecule has 0 fully saturated rings. The van der Waals surface area contributed by atoms with Gasteiger partial charge in [0.1, 0.15) is 0 Å². The summed E-state index contributed by atoms with van der Waals surface area (Å²) < 4.78 is 0. The van der Waals surface area contributed by atoms with Crippen LogP contribution in [0.4, 0.5) is 0 Å². The molecule has 0 unspecified atom stereocenters. The number of thiophene rings is 1. The molecule has 88 valence electrons. The fraction of sp³-hybridized carbons (Fsp3) is 0.571. The Kier molecular flexibility index (Phi) is 4.19. The first-order valence-corrected chi connectivity index (χ1v) is 7.02. The van der Waals surface area contributed by atoms with E-state index >= 15 is 0 Å². The molecule has 1 heterocycles. The van der Waals surface area contributed by atoms with Crippen molar-refractivity contribution in [3.05, 3.63) is 33.0 Å². The zero-order valence-electron chi connectivity index (χ0n) is 10.3. The molecule has 0 amide bonds. The fourth-order valence-corrected chi connectivity index (χ4v) is 3.24. The Labute approximate surface area is 103 Å². The van der Waals surface area contributed by atoms with Crippen molar-refractivity contribution >= 4 is 11.3 Å². The normalized spacial score (nSPS) is 15.5. The number of hydrogen-bond donors (Lipinski definition) is 1. The van der Waals surface area contributed by atoms with Crippen LogP contribution in [0.5, 0.6) is 0 Å². The van der Waals surface area contributed by atoms with Gasteiger partial charge in [0, 0.05) is 16.3 Å². The van der Waals surface area contributed by atoms with Gasteiger partial charge in [0.2, 0.25) is 0 Å². The minimum absolute atomic E-state index is 1.03. The summed E-state index contributed by atoms with van der Waals surface area (Å²) >= 11 is 1.90. The molecule has 1 aromatic rings. The van der Waals surface area contributed by atoms with Crippen LogP contribution in [0.1, 0.15) is 41.0 Å². The second kappa shape index (κ2) is 5.65. The van der Waals surface area contributed by atoms with E-state index in [0.717, 1.165) is 13.1 Å². The summed E-state index contributed by atoms with van der Waals surface area (Å²) in [5.41, 5.74) is 3.13. The SMILES string of the molecule is Cc1cc(CNCCC2=CCCC2)c(C)s1. The van der Waals surface area contributed by atoms with Crippen molar-refractivity contribution in [2.75, 3.05) is 6.54 Å². The Bertz CT molecular complexity index is 376. The van der Waals surface area contributed by atoms with Gasteiger partial charge in [0.25, 0.3) is 0 Å². The van der Waals surface area contributed by atoms with Crippen LogP contribution in [0.25, 0.3) is 0 Å². The topological polar surface area (TPSA) is 12.0 Å². The minimum atomic E-state index is 1.03. The maximum atomic E-state index is 3.55. The molecule has 0 saturated carbocycles. The third-order valence-electron chi connectivity index (χ3n) is 3.22. The molecular formula is C14H21NS. The first-order chi connectivity index (χ1) is 7.75. The van der Waals surface area contributed by atoms with Gasteiger partial charge in [-0.25, -0.2) is 0 Å². The van der Waals surface area contributed by atoms with Crippen LogP contribution in [0, 0.1) is 13.8 Å².